The Bertz CT molecular complexity index is 840. The van der Waals surface area contributed by atoms with Crippen LogP contribution in [-0.4, -0.2) is 49.6 Å². The van der Waals surface area contributed by atoms with Gasteiger partial charge in [-0.05, 0) is 44.4 Å². The van der Waals surface area contributed by atoms with Crippen LogP contribution in [0, 0.1) is 13.8 Å². The SMILES string of the molecule is Cc1cc(C(=O)C[NH+]2CC[NH+](C/C=C/c3ccccc3)CC2)c(C)n1C1CC1. The molecule has 1 aliphatic carbocycles. The van der Waals surface area contributed by atoms with Crippen molar-refractivity contribution in [2.75, 3.05) is 39.3 Å². The molecule has 2 fully saturated rings. The lowest BCUT2D eigenvalue weighted by atomic mass is 10.1. The molecule has 2 N–H and O–H groups in total. The lowest BCUT2D eigenvalue weighted by Crippen LogP contribution is -3.28. The molecule has 2 aromatic rings. The molecule has 0 radical (unpaired) electrons. The number of quaternary nitrogens is 2. The van der Waals surface area contributed by atoms with Crippen LogP contribution in [0.25, 0.3) is 6.08 Å². The smallest absolute Gasteiger partial charge is 0.218 e. The number of aromatic nitrogens is 1. The summed E-state index contributed by atoms with van der Waals surface area (Å²) in [6.07, 6.45) is 7.02. The maximum atomic E-state index is 12.9. The normalized spacial score (nSPS) is 22.6. The van der Waals surface area contributed by atoms with Gasteiger partial charge in [0.25, 0.3) is 0 Å². The Morgan fingerprint density at radius 2 is 1.75 bits per heavy atom. The second-order valence-electron chi connectivity index (χ2n) is 8.50. The highest BCUT2D eigenvalue weighted by atomic mass is 16.1. The van der Waals surface area contributed by atoms with E-state index in [1.54, 1.807) is 4.90 Å². The number of carbonyl (C=O) groups is 1. The highest BCUT2D eigenvalue weighted by molar-refractivity contribution is 5.98. The number of Topliss-reactive ketones (excluding diaryl/α,β-unsaturated/α-hetero) is 1. The van der Waals surface area contributed by atoms with Crippen LogP contribution in [0.2, 0.25) is 0 Å². The number of nitrogens with one attached hydrogen (secondary N) is 2. The van der Waals surface area contributed by atoms with Crippen molar-refractivity contribution in [2.24, 2.45) is 0 Å². The van der Waals surface area contributed by atoms with Crippen LogP contribution in [-0.2, 0) is 0 Å². The van der Waals surface area contributed by atoms with Gasteiger partial charge < -0.3 is 14.4 Å². The van der Waals surface area contributed by atoms with Crippen LogP contribution >= 0.6 is 0 Å². The first-order valence-corrected chi connectivity index (χ1v) is 10.7. The Hall–Kier alpha value is -2.17. The zero-order chi connectivity index (χ0) is 19.5. The number of hydrogen-bond acceptors (Lipinski definition) is 1. The Balaban J connectivity index is 1.26. The van der Waals surface area contributed by atoms with Gasteiger partial charge in [0, 0.05) is 23.0 Å². The number of carbonyl (C=O) groups excluding carboxylic acids is 1. The third kappa shape index (κ3) is 4.45. The lowest BCUT2D eigenvalue weighted by Gasteiger charge is -2.28. The largest absolute Gasteiger partial charge is 0.345 e. The minimum absolute atomic E-state index is 0.322. The predicted molar refractivity (Wildman–Crippen MR) is 113 cm³/mol. The van der Waals surface area contributed by atoms with Gasteiger partial charge in [-0.1, -0.05) is 36.4 Å². The monoisotopic (exact) mass is 379 g/mol. The number of piperazine rings is 1. The fourth-order valence-electron chi connectivity index (χ4n) is 4.54. The molecule has 148 valence electrons. The molecule has 2 heterocycles. The van der Waals surface area contributed by atoms with Gasteiger partial charge in [-0.2, -0.15) is 0 Å². The highest BCUT2D eigenvalue weighted by Crippen LogP contribution is 2.38. The summed E-state index contributed by atoms with van der Waals surface area (Å²) in [7, 11) is 0. The molecule has 1 aromatic carbocycles. The average molecular weight is 380 g/mol. The first kappa shape index (κ1) is 19.2. The minimum Gasteiger partial charge on any atom is -0.345 e. The van der Waals surface area contributed by atoms with E-state index in [1.807, 2.05) is 0 Å². The van der Waals surface area contributed by atoms with E-state index >= 15 is 0 Å². The Morgan fingerprint density at radius 1 is 1.07 bits per heavy atom. The molecule has 4 rings (SSSR count). The summed E-state index contributed by atoms with van der Waals surface area (Å²) in [5.74, 6) is 0.322. The molecule has 4 heteroatoms. The van der Waals surface area contributed by atoms with Gasteiger partial charge in [0.05, 0.1) is 6.54 Å². The molecule has 0 unspecified atom stereocenters. The number of rotatable bonds is 7. The zero-order valence-electron chi connectivity index (χ0n) is 17.2. The minimum atomic E-state index is 0.322. The van der Waals surface area contributed by atoms with Crippen LogP contribution in [0.1, 0.15) is 46.2 Å². The van der Waals surface area contributed by atoms with Crippen molar-refractivity contribution in [1.29, 1.82) is 0 Å². The molecule has 1 saturated heterocycles. The van der Waals surface area contributed by atoms with E-state index in [4.69, 9.17) is 0 Å². The molecule has 4 nitrogen and oxygen atoms in total. The zero-order valence-corrected chi connectivity index (χ0v) is 17.2. The molecule has 0 amide bonds. The maximum Gasteiger partial charge on any atom is 0.218 e. The van der Waals surface area contributed by atoms with Gasteiger partial charge in [0.1, 0.15) is 32.7 Å². The summed E-state index contributed by atoms with van der Waals surface area (Å²) in [6, 6.07) is 13.2. The van der Waals surface area contributed by atoms with Crippen molar-refractivity contribution in [3.05, 3.63) is 65.0 Å². The van der Waals surface area contributed by atoms with Crippen LogP contribution < -0.4 is 9.80 Å². The second kappa shape index (κ2) is 8.46. The van der Waals surface area contributed by atoms with Crippen molar-refractivity contribution in [3.63, 3.8) is 0 Å². The molecule has 0 bridgehead atoms. The molecule has 1 aromatic heterocycles. The van der Waals surface area contributed by atoms with Crippen LogP contribution in [0.3, 0.4) is 0 Å². The Morgan fingerprint density at radius 3 is 2.43 bits per heavy atom. The fraction of sp³-hybridized carbons (Fsp3) is 0.458. The van der Waals surface area contributed by atoms with Crippen molar-refractivity contribution in [3.8, 4) is 0 Å². The van der Waals surface area contributed by atoms with Gasteiger partial charge in [-0.15, -0.1) is 0 Å². The van der Waals surface area contributed by atoms with Crippen LogP contribution in [0.15, 0.2) is 42.5 Å². The molecular weight excluding hydrogens is 346 g/mol. The number of benzene rings is 1. The summed E-state index contributed by atoms with van der Waals surface area (Å²) in [6.45, 7) is 10.4. The summed E-state index contributed by atoms with van der Waals surface area (Å²) in [4.78, 5) is 16.0. The van der Waals surface area contributed by atoms with Gasteiger partial charge in [0.2, 0.25) is 5.78 Å². The third-order valence-corrected chi connectivity index (χ3v) is 6.29. The van der Waals surface area contributed by atoms with Crippen LogP contribution in [0.4, 0.5) is 0 Å². The average Bonchev–Trinajstić information content (AvgIpc) is 3.48. The van der Waals surface area contributed by atoms with E-state index < -0.39 is 0 Å². The highest BCUT2D eigenvalue weighted by Gasteiger charge is 2.30. The van der Waals surface area contributed by atoms with E-state index in [0.29, 0.717) is 18.4 Å². The lowest BCUT2D eigenvalue weighted by molar-refractivity contribution is -1.01. The molecule has 28 heavy (non-hydrogen) atoms. The molecule has 1 saturated carbocycles. The predicted octanol–water partition coefficient (Wildman–Crippen LogP) is 1.12. The second-order valence-corrected chi connectivity index (χ2v) is 8.50. The van der Waals surface area contributed by atoms with Gasteiger partial charge >= 0.3 is 0 Å². The topological polar surface area (TPSA) is 30.9 Å². The summed E-state index contributed by atoms with van der Waals surface area (Å²) >= 11 is 0. The van der Waals surface area contributed by atoms with Crippen molar-refractivity contribution < 1.29 is 14.6 Å². The molecule has 0 atom stereocenters. The summed E-state index contributed by atoms with van der Waals surface area (Å²) < 4.78 is 2.38. The van der Waals surface area contributed by atoms with E-state index in [0.717, 1.165) is 38.3 Å². The standard InChI is InChI=1S/C24H31N3O/c1-19-17-23(20(2)27(19)22-10-11-22)24(28)18-26-15-13-25(14-16-26)12-6-9-21-7-4-3-5-8-21/h3-9,17,22H,10-16,18H2,1-2H3/p+2/b9-6+. The third-order valence-electron chi connectivity index (χ3n) is 6.29. The van der Waals surface area contributed by atoms with Crippen LogP contribution in [0.5, 0.6) is 0 Å². The quantitative estimate of drug-likeness (QED) is 0.694. The first-order valence-electron chi connectivity index (χ1n) is 10.7. The van der Waals surface area contributed by atoms with E-state index in [-0.39, 0.29) is 0 Å². The van der Waals surface area contributed by atoms with Gasteiger partial charge in [0.15, 0.2) is 0 Å². The number of aryl methyl sites for hydroxylation is 1. The van der Waals surface area contributed by atoms with E-state index in [1.165, 1.54) is 34.7 Å². The summed E-state index contributed by atoms with van der Waals surface area (Å²) in [5, 5.41) is 0. The molecule has 1 aliphatic heterocycles. The summed E-state index contributed by atoms with van der Waals surface area (Å²) in [5.41, 5.74) is 4.65. The van der Waals surface area contributed by atoms with Crippen molar-refractivity contribution in [1.82, 2.24) is 4.57 Å². The first-order chi connectivity index (χ1) is 13.6. The Labute approximate surface area is 168 Å². The number of nitrogens with zero attached hydrogens (tertiary/aromatic N) is 1. The molecule has 2 aliphatic rings. The van der Waals surface area contributed by atoms with Crippen molar-refractivity contribution >= 4 is 11.9 Å². The number of ketones is 1. The van der Waals surface area contributed by atoms with Gasteiger partial charge in [-0.3, -0.25) is 4.79 Å². The molecule has 0 spiro atoms. The number of hydrogen-bond donors (Lipinski definition) is 2. The van der Waals surface area contributed by atoms with E-state index in [9.17, 15) is 4.79 Å². The maximum absolute atomic E-state index is 12.9. The fourth-order valence-corrected chi connectivity index (χ4v) is 4.54. The van der Waals surface area contributed by atoms with Crippen molar-refractivity contribution in [2.45, 2.75) is 32.7 Å². The van der Waals surface area contributed by atoms with Gasteiger partial charge in [-0.25, -0.2) is 0 Å². The Kier molecular flexibility index (Phi) is 5.79. The van der Waals surface area contributed by atoms with E-state index in [2.05, 4.69) is 67.0 Å². The molecular formula is C24H33N3O+2.